The molecular weight excluding hydrogens is 718 g/mol. The zero-order chi connectivity index (χ0) is 31.0. The average Bonchev–Trinajstić information content (AvgIpc) is 2.91. The van der Waals surface area contributed by atoms with Crippen LogP contribution in [-0.4, -0.2) is 175 Å². The first-order valence-electron chi connectivity index (χ1n) is 13.7. The van der Waals surface area contributed by atoms with Gasteiger partial charge < -0.3 is 49.2 Å². The van der Waals surface area contributed by atoms with Crippen LogP contribution >= 0.6 is 0 Å². The standard InChI is InChI=1S/C24H44N8O10.Gd/c25-28-27-2-12-41-14-16-42-15-13-40-11-1-26-21(33)17-29-3-5-30(18-22(34)35)7-9-32(20-24(38)39)10-8-31(6-4-29)19-23(36)37;/h1-20H2,(H,26,33)(H,34,35)(H,36,37)(H,38,39);/q;+3/p-3. The predicted octanol–water partition coefficient (Wildman–Crippen LogP) is -6.07. The molecule has 0 aliphatic carbocycles. The fourth-order valence-electron chi connectivity index (χ4n) is 3.97. The molecule has 1 aliphatic rings. The van der Waals surface area contributed by atoms with Crippen molar-refractivity contribution in [3.8, 4) is 0 Å². The molecule has 1 radical (unpaired) electrons. The van der Waals surface area contributed by atoms with Crippen molar-refractivity contribution in [3.63, 3.8) is 0 Å². The summed E-state index contributed by atoms with van der Waals surface area (Å²) in [5.74, 6) is -4.13. The van der Waals surface area contributed by atoms with E-state index in [2.05, 4.69) is 15.3 Å². The van der Waals surface area contributed by atoms with Gasteiger partial charge in [-0.3, -0.25) is 24.4 Å². The van der Waals surface area contributed by atoms with Crippen molar-refractivity contribution in [1.29, 1.82) is 0 Å². The monoisotopic (exact) mass is 759 g/mol. The number of ether oxygens (including phenoxy) is 3. The summed E-state index contributed by atoms with van der Waals surface area (Å²) < 4.78 is 16.0. The number of carbonyl (C=O) groups excluding carboxylic acids is 4. The Balaban J connectivity index is 0.0000176. The van der Waals surface area contributed by atoms with Gasteiger partial charge in [-0.15, -0.1) is 0 Å². The van der Waals surface area contributed by atoms with Crippen molar-refractivity contribution in [2.24, 2.45) is 5.11 Å². The Hall–Kier alpha value is -1.77. The van der Waals surface area contributed by atoms with E-state index in [-0.39, 0.29) is 131 Å². The van der Waals surface area contributed by atoms with E-state index in [1.807, 2.05) is 0 Å². The van der Waals surface area contributed by atoms with Crippen LogP contribution in [-0.2, 0) is 33.4 Å². The van der Waals surface area contributed by atoms with Gasteiger partial charge in [0.05, 0.1) is 64.1 Å². The molecule has 1 aliphatic heterocycles. The number of rotatable bonds is 20. The topological polar surface area (TPSA) is 239 Å². The fraction of sp³-hybridized carbons (Fsp3) is 0.833. The minimum Gasteiger partial charge on any atom is -0.549 e. The molecule has 0 atom stereocenters. The van der Waals surface area contributed by atoms with Crippen LogP contribution in [0.2, 0.25) is 0 Å². The van der Waals surface area contributed by atoms with Crippen molar-refractivity contribution in [2.45, 2.75) is 0 Å². The van der Waals surface area contributed by atoms with E-state index in [9.17, 15) is 34.5 Å². The first kappa shape index (κ1) is 41.2. The van der Waals surface area contributed by atoms with Crippen molar-refractivity contribution in [1.82, 2.24) is 24.9 Å². The molecule has 1 fully saturated rings. The summed E-state index contributed by atoms with van der Waals surface area (Å²) in [6.07, 6.45) is 0. The van der Waals surface area contributed by atoms with Crippen molar-refractivity contribution in [2.75, 3.05) is 131 Å². The Labute approximate surface area is 282 Å². The number of hydrogen-bond acceptors (Lipinski definition) is 15. The average molecular weight is 759 g/mol. The minimum absolute atomic E-state index is 0. The maximum Gasteiger partial charge on any atom is 3.00 e. The van der Waals surface area contributed by atoms with Crippen molar-refractivity contribution in [3.05, 3.63) is 10.4 Å². The fourth-order valence-corrected chi connectivity index (χ4v) is 3.97. The molecule has 19 heteroatoms. The summed E-state index contributed by atoms with van der Waals surface area (Å²) in [6, 6.07) is 0. The van der Waals surface area contributed by atoms with Gasteiger partial charge in [0.15, 0.2) is 0 Å². The number of carbonyl (C=O) groups is 4. The second kappa shape index (κ2) is 26.6. The molecule has 0 aromatic rings. The zero-order valence-electron chi connectivity index (χ0n) is 24.2. The van der Waals surface area contributed by atoms with Gasteiger partial charge in [-0.2, -0.15) is 0 Å². The Bertz CT molecular complexity index is 836. The van der Waals surface area contributed by atoms with E-state index >= 15 is 0 Å². The Morgan fingerprint density at radius 3 is 1.35 bits per heavy atom. The third-order valence-electron chi connectivity index (χ3n) is 6.07. The van der Waals surface area contributed by atoms with Crippen molar-refractivity contribution < 1.29 is 88.6 Å². The molecule has 1 amide bonds. The Morgan fingerprint density at radius 2 is 0.977 bits per heavy atom. The van der Waals surface area contributed by atoms with Gasteiger partial charge in [-0.1, -0.05) is 5.11 Å². The maximum atomic E-state index is 12.6. The quantitative estimate of drug-likeness (QED) is 0.0527. The van der Waals surface area contributed by atoms with Gasteiger partial charge >= 0.3 is 39.9 Å². The first-order valence-corrected chi connectivity index (χ1v) is 13.7. The summed E-state index contributed by atoms with van der Waals surface area (Å²) in [4.78, 5) is 55.4. The van der Waals surface area contributed by atoms with Crippen LogP contribution in [0.15, 0.2) is 5.11 Å². The van der Waals surface area contributed by atoms with Gasteiger partial charge in [0.25, 0.3) is 0 Å². The third-order valence-corrected chi connectivity index (χ3v) is 6.07. The summed E-state index contributed by atoms with van der Waals surface area (Å²) >= 11 is 0. The zero-order valence-corrected chi connectivity index (χ0v) is 26.5. The van der Waals surface area contributed by atoms with E-state index in [1.54, 1.807) is 19.6 Å². The number of hydrogen-bond donors (Lipinski definition) is 1. The largest absolute Gasteiger partial charge is 3.00 e. The number of carboxylic acid groups (broad SMARTS) is 3. The van der Waals surface area contributed by atoms with Gasteiger partial charge in [0.1, 0.15) is 0 Å². The molecule has 0 bridgehead atoms. The third kappa shape index (κ3) is 24.3. The molecule has 1 rings (SSSR count). The van der Waals surface area contributed by atoms with Crippen LogP contribution in [0.5, 0.6) is 0 Å². The van der Waals surface area contributed by atoms with Crippen molar-refractivity contribution >= 4 is 23.8 Å². The molecule has 245 valence electrons. The number of azide groups is 1. The number of aliphatic carboxylic acids is 3. The Kier molecular flexibility index (Phi) is 25.5. The molecule has 0 aromatic carbocycles. The van der Waals surface area contributed by atoms with Gasteiger partial charge in [0, 0.05) is 90.0 Å². The minimum atomic E-state index is -1.29. The van der Waals surface area contributed by atoms with E-state index in [4.69, 9.17) is 19.7 Å². The summed E-state index contributed by atoms with van der Waals surface area (Å²) in [7, 11) is 0. The summed E-state index contributed by atoms with van der Waals surface area (Å²) in [5, 5.41) is 39.8. The summed E-state index contributed by atoms with van der Waals surface area (Å²) in [5.41, 5.74) is 8.16. The van der Waals surface area contributed by atoms with E-state index in [1.165, 1.54) is 0 Å². The molecule has 0 spiro atoms. The summed E-state index contributed by atoms with van der Waals surface area (Å²) in [6.45, 7) is 3.46. The molecule has 1 saturated heterocycles. The van der Waals surface area contributed by atoms with Gasteiger partial charge in [-0.25, -0.2) is 0 Å². The molecule has 43 heavy (non-hydrogen) atoms. The Morgan fingerprint density at radius 1 is 0.628 bits per heavy atom. The van der Waals surface area contributed by atoms with Crippen LogP contribution < -0.4 is 20.6 Å². The van der Waals surface area contributed by atoms with E-state index < -0.39 is 17.9 Å². The second-order valence-electron chi connectivity index (χ2n) is 9.36. The van der Waals surface area contributed by atoms with Crippen LogP contribution in [0.25, 0.3) is 10.4 Å². The van der Waals surface area contributed by atoms with Crippen LogP contribution in [0.4, 0.5) is 0 Å². The van der Waals surface area contributed by atoms with E-state index in [0.717, 1.165) is 0 Å². The molecule has 0 aromatic heterocycles. The molecule has 1 N–H and O–H groups in total. The normalized spacial score (nSPS) is 16.2. The molecule has 18 nitrogen and oxygen atoms in total. The maximum absolute atomic E-state index is 12.6. The van der Waals surface area contributed by atoms with Crippen LogP contribution in [0, 0.1) is 39.9 Å². The molecule has 1 heterocycles. The predicted molar refractivity (Wildman–Crippen MR) is 140 cm³/mol. The van der Waals surface area contributed by atoms with Gasteiger partial charge in [-0.05, 0) is 5.53 Å². The number of carboxylic acids is 3. The first-order chi connectivity index (χ1) is 20.2. The molecule has 0 saturated carbocycles. The van der Waals surface area contributed by atoms with Crippen LogP contribution in [0.3, 0.4) is 0 Å². The number of nitrogens with zero attached hydrogens (tertiary/aromatic N) is 7. The second-order valence-corrected chi connectivity index (χ2v) is 9.36. The SMILES string of the molecule is [Gd+3].[N-]=[N+]=NCCOCCOCCOCCNC(=O)CN1CCN(CC(=O)[O-])CCN(CC(=O)[O-])CCN(CC(=O)[O-])CC1. The van der Waals surface area contributed by atoms with Crippen LogP contribution in [0.1, 0.15) is 0 Å². The molecule has 0 unspecified atom stereocenters. The van der Waals surface area contributed by atoms with Gasteiger partial charge in [0.2, 0.25) is 5.91 Å². The number of nitrogens with one attached hydrogen (secondary N) is 1. The number of amides is 1. The molecular formula is C24H41GdN8O10. The van der Waals surface area contributed by atoms with E-state index in [0.29, 0.717) is 46.1 Å². The smallest absolute Gasteiger partial charge is 0.549 e.